The highest BCUT2D eigenvalue weighted by Gasteiger charge is 2.47. The van der Waals surface area contributed by atoms with Crippen LogP contribution in [0.2, 0.25) is 0 Å². The van der Waals surface area contributed by atoms with Gasteiger partial charge in [-0.2, -0.15) is 0 Å². The first-order chi connectivity index (χ1) is 48.4. The molecule has 7 aliphatic rings. The largest absolute Gasteiger partial charge is 0.379 e. The van der Waals surface area contributed by atoms with Crippen molar-refractivity contribution >= 4 is 68.5 Å². The summed E-state index contributed by atoms with van der Waals surface area (Å²) in [4.78, 5) is 108. The number of carbonyl (C=O) groups excluding carboxylic acids is 6. The second-order valence-electron chi connectivity index (χ2n) is 29.2. The van der Waals surface area contributed by atoms with Gasteiger partial charge in [0.05, 0.1) is 31.0 Å². The van der Waals surface area contributed by atoms with E-state index in [2.05, 4.69) is 154 Å². The van der Waals surface area contributed by atoms with Gasteiger partial charge in [-0.05, 0) is 178 Å². The third-order valence-corrected chi connectivity index (χ3v) is 22.1. The van der Waals surface area contributed by atoms with Crippen LogP contribution in [0.15, 0.2) is 98.5 Å². The molecule has 3 aliphatic carbocycles. The number of benzene rings is 3. The van der Waals surface area contributed by atoms with Gasteiger partial charge in [0.1, 0.15) is 0 Å². The Morgan fingerprint density at radius 3 is 1.24 bits per heavy atom. The average Bonchev–Trinajstić information content (AvgIpc) is 1.45. The first-order valence-corrected chi connectivity index (χ1v) is 37.0. The molecule has 13 rings (SSSR count). The van der Waals surface area contributed by atoms with E-state index in [1.807, 2.05) is 61.1 Å². The number of aromatic nitrogens is 3. The quantitative estimate of drug-likeness (QED) is 0.0350. The lowest BCUT2D eigenvalue weighted by molar-refractivity contribution is -0.136. The molecule has 7 heterocycles. The Balaban J connectivity index is 0.000000152. The third kappa shape index (κ3) is 16.3. The zero-order valence-electron chi connectivity index (χ0n) is 60.7. The van der Waals surface area contributed by atoms with E-state index < -0.39 is 0 Å². The van der Waals surface area contributed by atoms with E-state index in [9.17, 15) is 28.8 Å². The van der Waals surface area contributed by atoms with E-state index in [0.29, 0.717) is 82.9 Å². The highest BCUT2D eigenvalue weighted by molar-refractivity contribution is 5.98. The lowest BCUT2D eigenvalue weighted by atomic mass is 9.72. The van der Waals surface area contributed by atoms with Crippen molar-refractivity contribution in [3.63, 3.8) is 0 Å². The van der Waals surface area contributed by atoms with Crippen LogP contribution < -0.4 is 16.0 Å². The van der Waals surface area contributed by atoms with E-state index in [4.69, 9.17) is 4.74 Å². The van der Waals surface area contributed by atoms with Crippen molar-refractivity contribution in [3.05, 3.63) is 132 Å². The molecule has 3 aromatic carbocycles. The molecule has 9 amide bonds. The first kappa shape index (κ1) is 73.5. The summed E-state index contributed by atoms with van der Waals surface area (Å²) in [6, 6.07) is 19.6. The van der Waals surface area contributed by atoms with E-state index in [1.165, 1.54) is 69.8 Å². The molecule has 100 heavy (non-hydrogen) atoms. The number of imide groups is 3. The number of aromatic amines is 3. The summed E-state index contributed by atoms with van der Waals surface area (Å²) in [6.07, 6.45) is 17.8. The van der Waals surface area contributed by atoms with Gasteiger partial charge in [0, 0.05) is 179 Å². The summed E-state index contributed by atoms with van der Waals surface area (Å²) in [5, 5.41) is 12.5. The number of rotatable bonds is 22. The molecule has 9 atom stereocenters. The van der Waals surface area contributed by atoms with Crippen LogP contribution in [0, 0.1) is 17.8 Å². The summed E-state index contributed by atoms with van der Waals surface area (Å²) in [5.74, 6) is 0.0451. The lowest BCUT2D eigenvalue weighted by Crippen LogP contribution is -2.55. The van der Waals surface area contributed by atoms with Crippen molar-refractivity contribution in [2.24, 2.45) is 17.8 Å². The zero-order chi connectivity index (χ0) is 70.7. The van der Waals surface area contributed by atoms with E-state index in [1.54, 1.807) is 0 Å². The Hall–Kier alpha value is -7.70. The molecule has 22 heteroatoms. The number of ether oxygens (including phenoxy) is 1. The number of H-pyrrole nitrogens is 3. The van der Waals surface area contributed by atoms with Gasteiger partial charge in [-0.1, -0.05) is 48.6 Å². The summed E-state index contributed by atoms with van der Waals surface area (Å²) in [5.41, 5.74) is 11.6. The monoisotopic (exact) mass is 1370 g/mol. The second-order valence-corrected chi connectivity index (χ2v) is 29.2. The van der Waals surface area contributed by atoms with Crippen molar-refractivity contribution in [1.29, 1.82) is 0 Å². The number of nitrogens with zero attached hydrogens (tertiary/aromatic N) is 9. The van der Waals surface area contributed by atoms with Crippen LogP contribution in [0.25, 0.3) is 32.7 Å². The molecule has 540 valence electrons. The number of nitrogens with one attached hydrogen (secondary N) is 6. The standard InChI is InChI=1S/C28H39N5O3.C26H37N5O2.C24H35N5O2/c1-3-9-32-19-21(16-23-22-7-5-8-24-26(22)20(18-30-24)17-25(23)32)27(34)33(28(35)29-4-2)11-6-10-31-12-14-36-15-13-31;1-5-11-30-17-19(25(32)31(26(33)27-6-2)13-8-12-29(3)4)14-21-20-9-7-10-22-24(20)18(16-28-22)15-23(21)30;1-5-25-24(31)29(11-7-10-27(2)3)23(30)17-12-19-18-8-6-9-20-22(18)16(14-26-20)13-21(19)28(4)15-17/h3,5,7-8,18,21,23,25,30H,1,4,6,9-17,19H2,2H3,(H,29,35);5,7,9-10,16,19,21,23,28H,1,6,8,11-15,17H2,2-4H3,(H,27,33);6,8-9,14,17,19,21,26H,5,7,10-13,15H2,1-4H3,(H,25,31)/t21-,23-,25-;19-,21-,23-;17-,19-,21-/m111/s1. The number of fused-ring (bicyclic) bond motifs is 6. The summed E-state index contributed by atoms with van der Waals surface area (Å²) in [6.45, 7) is 25.8. The van der Waals surface area contributed by atoms with Crippen LogP contribution in [-0.4, -0.2) is 266 Å². The van der Waals surface area contributed by atoms with Crippen LogP contribution in [0.5, 0.6) is 0 Å². The third-order valence-electron chi connectivity index (χ3n) is 22.1. The fourth-order valence-corrected chi connectivity index (χ4v) is 17.5. The smallest absolute Gasteiger partial charge is 0.324 e. The molecule has 6 aromatic rings. The molecule has 0 bridgehead atoms. The topological polar surface area (TPSA) is 224 Å². The maximum atomic E-state index is 13.9. The molecular weight excluding hydrogens is 1260 g/mol. The number of amides is 9. The Bertz CT molecular complexity index is 3830. The minimum atomic E-state index is -0.280. The van der Waals surface area contributed by atoms with Gasteiger partial charge < -0.3 is 50.3 Å². The Morgan fingerprint density at radius 2 is 0.870 bits per heavy atom. The molecule has 6 N–H and O–H groups in total. The van der Waals surface area contributed by atoms with Crippen molar-refractivity contribution in [2.45, 2.75) is 114 Å². The van der Waals surface area contributed by atoms with Gasteiger partial charge in [-0.25, -0.2) is 14.4 Å². The molecule has 0 radical (unpaired) electrons. The number of likely N-dealkylation sites (tertiary alicyclic amines) is 3. The van der Waals surface area contributed by atoms with E-state index >= 15 is 0 Å². The Kier molecular flexibility index (Phi) is 24.9. The normalized spacial score (nSPS) is 23.2. The van der Waals surface area contributed by atoms with Gasteiger partial charge in [0.25, 0.3) is 0 Å². The SMILES string of the molecule is C=CCN1C[C@H](C(=O)N(CCCN(C)C)C(=O)NCC)C[C@@H]2c3cccc4[nH]cc(c34)C[C@H]21.C=CCN1C[C@H](C(=O)N(CCCN2CCOCC2)C(=O)NCC)C[C@@H]2c3cccc4[nH]cc(c34)C[C@H]21.CCNC(=O)N(CCCN(C)C)C(=O)[C@@H]1C[C@@H]2c3cccc4[nH]cc(c34)C[C@H]2N(C)C1. The molecular formula is C78H111N15O7. The predicted octanol–water partition coefficient (Wildman–Crippen LogP) is 8.80. The summed E-state index contributed by atoms with van der Waals surface area (Å²) < 4.78 is 5.44. The molecule has 3 aromatic heterocycles. The molecule has 4 saturated heterocycles. The number of likely N-dealkylation sites (N-methyl/N-ethyl adjacent to an activating group) is 1. The molecule has 4 fully saturated rings. The maximum Gasteiger partial charge on any atom is 0.324 e. The van der Waals surface area contributed by atoms with Crippen LogP contribution in [0.4, 0.5) is 14.4 Å². The molecule has 4 aliphatic heterocycles. The average molecular weight is 1370 g/mol. The van der Waals surface area contributed by atoms with Crippen LogP contribution in [-0.2, 0) is 38.4 Å². The fourth-order valence-electron chi connectivity index (χ4n) is 17.5. The molecule has 22 nitrogen and oxygen atoms in total. The summed E-state index contributed by atoms with van der Waals surface area (Å²) in [7, 11) is 10.1. The van der Waals surface area contributed by atoms with Gasteiger partial charge in [-0.15, -0.1) is 13.2 Å². The number of hydrogen-bond donors (Lipinski definition) is 6. The zero-order valence-corrected chi connectivity index (χ0v) is 60.7. The second kappa shape index (κ2) is 33.9. The van der Waals surface area contributed by atoms with E-state index in [-0.39, 0.29) is 65.4 Å². The number of morpholine rings is 1. The fraction of sp³-hybridized carbons (Fsp3) is 0.564. The van der Waals surface area contributed by atoms with Crippen LogP contribution >= 0.6 is 0 Å². The minimum Gasteiger partial charge on any atom is -0.379 e. The van der Waals surface area contributed by atoms with Crippen molar-refractivity contribution < 1.29 is 33.5 Å². The molecule has 0 spiro atoms. The Morgan fingerprint density at radius 1 is 0.510 bits per heavy atom. The highest BCUT2D eigenvalue weighted by atomic mass is 16.5. The van der Waals surface area contributed by atoms with Gasteiger partial charge in [0.15, 0.2) is 0 Å². The van der Waals surface area contributed by atoms with Crippen LogP contribution in [0.3, 0.4) is 0 Å². The first-order valence-electron chi connectivity index (χ1n) is 37.0. The van der Waals surface area contributed by atoms with Gasteiger partial charge in [0.2, 0.25) is 17.7 Å². The predicted molar refractivity (Wildman–Crippen MR) is 397 cm³/mol. The van der Waals surface area contributed by atoms with Gasteiger partial charge >= 0.3 is 18.1 Å². The highest BCUT2D eigenvalue weighted by Crippen LogP contribution is 2.48. The molecule has 0 unspecified atom stereocenters. The number of carbonyl (C=O) groups is 6. The van der Waals surface area contributed by atoms with Crippen LogP contribution in [0.1, 0.15) is 110 Å². The van der Waals surface area contributed by atoms with Crippen molar-refractivity contribution in [3.8, 4) is 0 Å². The maximum absolute atomic E-state index is 13.9. The lowest BCUT2D eigenvalue weighted by Gasteiger charge is -2.47. The van der Waals surface area contributed by atoms with E-state index in [0.717, 1.165) is 128 Å². The number of piperidine rings is 3. The summed E-state index contributed by atoms with van der Waals surface area (Å²) >= 11 is 0. The van der Waals surface area contributed by atoms with Crippen molar-refractivity contribution in [1.82, 2.24) is 75.0 Å². The van der Waals surface area contributed by atoms with Gasteiger partial charge in [-0.3, -0.25) is 43.8 Å². The number of hydrogen-bond acceptors (Lipinski definition) is 13. The Labute approximate surface area is 591 Å². The van der Waals surface area contributed by atoms with Crippen molar-refractivity contribution in [2.75, 3.05) is 153 Å². The molecule has 0 saturated carbocycles. The minimum absolute atomic E-state index is 0.0398. The number of urea groups is 3.